The normalized spacial score (nSPS) is 8.00. The molecule has 0 unspecified atom stereocenters. The predicted octanol–water partition coefficient (Wildman–Crippen LogP) is -0.939. The molecule has 5 heteroatoms. The Labute approximate surface area is 60.8 Å². The van der Waals surface area contributed by atoms with E-state index in [1.165, 1.54) is 12.3 Å². The maximum Gasteiger partial charge on any atom is 1.00 e. The number of nitrogens with one attached hydrogen (secondary N) is 2. The Morgan fingerprint density at radius 1 is 1.33 bits per heavy atom. The second-order valence-electron chi connectivity index (χ2n) is 1.30. The summed E-state index contributed by atoms with van der Waals surface area (Å²) in [6, 6.07) is 1.24. The second-order valence-corrected chi connectivity index (χ2v) is 1.30. The van der Waals surface area contributed by atoms with Gasteiger partial charge in [-0.1, -0.05) is 0 Å². The third-order valence-corrected chi connectivity index (χ3v) is 0.686. The quantitative estimate of drug-likeness (QED) is 0.500. The van der Waals surface area contributed by atoms with E-state index in [0.29, 0.717) is 0 Å². The molecule has 2 N–H and O–H groups in total. The molecule has 0 amide bonds. The molecule has 0 aromatic carbocycles. The molecule has 0 fully saturated rings. The molecule has 0 aliphatic heterocycles. The molecule has 0 radical (unpaired) electrons. The van der Waals surface area contributed by atoms with Crippen molar-refractivity contribution in [3.05, 3.63) is 33.1 Å². The van der Waals surface area contributed by atoms with Crippen LogP contribution in [0, 0.1) is 0 Å². The first-order valence-electron chi connectivity index (χ1n) is 2.07. The molecule has 0 bridgehead atoms. The molecule has 52 valence electrons. The van der Waals surface area contributed by atoms with E-state index in [4.69, 9.17) is 0 Å². The van der Waals surface area contributed by atoms with Crippen molar-refractivity contribution in [1.82, 2.24) is 9.97 Å². The van der Waals surface area contributed by atoms with E-state index < -0.39 is 5.69 Å². The molecule has 4 nitrogen and oxygen atoms in total. The van der Waals surface area contributed by atoms with E-state index >= 15 is 0 Å². The van der Waals surface area contributed by atoms with E-state index in [2.05, 4.69) is 4.98 Å². The van der Waals surface area contributed by atoms with Crippen molar-refractivity contribution in [1.29, 1.82) is 0 Å². The van der Waals surface area contributed by atoms with Crippen molar-refractivity contribution in [2.45, 2.75) is 0 Å². The van der Waals surface area contributed by atoms with Crippen LogP contribution < -0.4 is 11.2 Å². The third kappa shape index (κ3) is 2.30. The monoisotopic (exact) mass is 175 g/mol. The van der Waals surface area contributed by atoms with Crippen LogP contribution in [0.2, 0.25) is 0 Å². The zero-order valence-corrected chi connectivity index (χ0v) is 5.21. The first-order chi connectivity index (χ1) is 3.79. The van der Waals surface area contributed by atoms with Gasteiger partial charge >= 0.3 is 22.8 Å². The van der Waals surface area contributed by atoms with Crippen LogP contribution in [0.1, 0.15) is 0 Å². The Hall–Kier alpha value is -0.801. The summed E-state index contributed by atoms with van der Waals surface area (Å²) in [7, 11) is 0. The van der Waals surface area contributed by atoms with Gasteiger partial charge in [-0.05, 0) is 0 Å². The Bertz CT molecular complexity index is 251. The number of rotatable bonds is 0. The molecule has 0 saturated heterocycles. The Kier molecular flexibility index (Phi) is 2.98. The zero-order chi connectivity index (χ0) is 5.98. The fourth-order valence-electron chi connectivity index (χ4n) is 0.383. The predicted molar refractivity (Wildman–Crippen MR) is 27.7 cm³/mol. The van der Waals surface area contributed by atoms with E-state index in [9.17, 15) is 9.59 Å². The molecule has 0 saturated carbocycles. The van der Waals surface area contributed by atoms with Gasteiger partial charge in [-0.3, -0.25) is 9.78 Å². The average molecular weight is 176 g/mol. The number of hydrogen-bond acceptors (Lipinski definition) is 2. The van der Waals surface area contributed by atoms with E-state index in [1.54, 1.807) is 0 Å². The van der Waals surface area contributed by atoms with Gasteiger partial charge in [-0.2, -0.15) is 0 Å². The molecule has 0 aliphatic rings. The molecule has 1 heterocycles. The van der Waals surface area contributed by atoms with Gasteiger partial charge < -0.3 is 4.98 Å². The van der Waals surface area contributed by atoms with Crippen molar-refractivity contribution < 1.29 is 17.1 Å². The van der Waals surface area contributed by atoms with Gasteiger partial charge in [0.25, 0.3) is 5.56 Å². The van der Waals surface area contributed by atoms with Gasteiger partial charge in [0.05, 0.1) is 0 Å². The van der Waals surface area contributed by atoms with Gasteiger partial charge in [0, 0.05) is 12.3 Å². The summed E-state index contributed by atoms with van der Waals surface area (Å²) in [5.41, 5.74) is -0.855. The maximum absolute atomic E-state index is 10.2. The summed E-state index contributed by atoms with van der Waals surface area (Å²) in [4.78, 5) is 24.7. The number of H-pyrrole nitrogens is 2. The number of aromatic amines is 2. The van der Waals surface area contributed by atoms with Crippen molar-refractivity contribution in [2.24, 2.45) is 0 Å². The molecule has 9 heavy (non-hydrogen) atoms. The first-order valence-corrected chi connectivity index (χ1v) is 2.07. The van der Waals surface area contributed by atoms with Gasteiger partial charge in [-0.25, -0.2) is 4.79 Å². The van der Waals surface area contributed by atoms with Crippen LogP contribution in [0.4, 0.5) is 0 Å². The third-order valence-electron chi connectivity index (χ3n) is 0.686. The fourth-order valence-corrected chi connectivity index (χ4v) is 0.383. The number of hydrogen-bond donors (Lipinski definition) is 2. The second kappa shape index (κ2) is 3.27. The van der Waals surface area contributed by atoms with Crippen LogP contribution in [0.5, 0.6) is 0 Å². The van der Waals surface area contributed by atoms with Gasteiger partial charge in [0.15, 0.2) is 0 Å². The Balaban J connectivity index is 0.000000640. The van der Waals surface area contributed by atoms with Crippen LogP contribution in [0.3, 0.4) is 0 Å². The molecule has 0 spiro atoms. The van der Waals surface area contributed by atoms with E-state index in [1.807, 2.05) is 4.98 Å². The Morgan fingerprint density at radius 3 is 2.33 bits per heavy atom. The molecule has 0 aliphatic carbocycles. The molecule has 1 rings (SSSR count). The van der Waals surface area contributed by atoms with Crippen molar-refractivity contribution >= 4 is 0 Å². The van der Waals surface area contributed by atoms with Gasteiger partial charge in [-0.15, -0.1) is 0 Å². The summed E-state index contributed by atoms with van der Waals surface area (Å²) in [6.07, 6.45) is 1.29. The molecule has 0 atom stereocenters. The van der Waals surface area contributed by atoms with Crippen LogP contribution >= 0.6 is 0 Å². The molecular weight excluding hydrogens is 172 g/mol. The van der Waals surface area contributed by atoms with Crippen LogP contribution in [0.25, 0.3) is 0 Å². The first kappa shape index (κ1) is 8.20. The average Bonchev–Trinajstić information content (AvgIpc) is 1.64. The largest absolute Gasteiger partial charge is 1.00 e. The summed E-state index contributed by atoms with van der Waals surface area (Å²) in [5, 5.41) is 0. The SMILES string of the molecule is O=c1cc[nH]c(=O)[nH]1.[Cu+]. The fraction of sp³-hybridized carbons (Fsp3) is 0. The standard InChI is InChI=1S/C4H4N2O2.Cu/c7-3-1-2-5-4(8)6-3;/h1-2H,(H2,5,6,7,8);/q;+1. The summed E-state index contributed by atoms with van der Waals surface area (Å²) in [6.45, 7) is 0. The van der Waals surface area contributed by atoms with Crippen LogP contribution in [0.15, 0.2) is 21.9 Å². The molecular formula is C4H4CuN2O2+. The summed E-state index contributed by atoms with van der Waals surface area (Å²) < 4.78 is 0. The van der Waals surface area contributed by atoms with Gasteiger partial charge in [0.1, 0.15) is 0 Å². The topological polar surface area (TPSA) is 65.7 Å². The molecule has 1 aromatic heterocycles. The minimum absolute atomic E-state index is 0. The maximum atomic E-state index is 10.2. The number of aromatic nitrogens is 2. The minimum Gasteiger partial charge on any atom is -0.314 e. The summed E-state index contributed by atoms with van der Waals surface area (Å²) >= 11 is 0. The van der Waals surface area contributed by atoms with E-state index in [-0.39, 0.29) is 22.6 Å². The van der Waals surface area contributed by atoms with Crippen LogP contribution in [-0.4, -0.2) is 9.97 Å². The van der Waals surface area contributed by atoms with Gasteiger partial charge in [0.2, 0.25) is 0 Å². The van der Waals surface area contributed by atoms with Crippen LogP contribution in [-0.2, 0) is 17.1 Å². The van der Waals surface area contributed by atoms with Crippen molar-refractivity contribution in [3.8, 4) is 0 Å². The molecule has 1 aromatic rings. The zero-order valence-electron chi connectivity index (χ0n) is 4.27. The smallest absolute Gasteiger partial charge is 0.314 e. The minimum atomic E-state index is -0.475. The van der Waals surface area contributed by atoms with E-state index in [0.717, 1.165) is 0 Å². The summed E-state index contributed by atoms with van der Waals surface area (Å²) in [5.74, 6) is 0. The van der Waals surface area contributed by atoms with Crippen molar-refractivity contribution in [3.63, 3.8) is 0 Å². The van der Waals surface area contributed by atoms with Crippen molar-refractivity contribution in [2.75, 3.05) is 0 Å². The Morgan fingerprint density at radius 2 is 2.00 bits per heavy atom.